The summed E-state index contributed by atoms with van der Waals surface area (Å²) in [5, 5.41) is 4.11. The molecule has 0 fully saturated rings. The molecule has 0 saturated carbocycles. The van der Waals surface area contributed by atoms with Gasteiger partial charge in [0.15, 0.2) is 0 Å². The number of benzene rings is 1. The lowest BCUT2D eigenvalue weighted by Crippen LogP contribution is -2.13. The molecule has 0 amide bonds. The van der Waals surface area contributed by atoms with Crippen molar-refractivity contribution < 1.29 is 4.42 Å². The zero-order valence-corrected chi connectivity index (χ0v) is 10.9. The molecule has 3 nitrogen and oxygen atoms in total. The van der Waals surface area contributed by atoms with E-state index in [1.165, 1.54) is 0 Å². The standard InChI is InChI=1S/C13H10Cl2N2O/c1-2-5-16-7-10-8-18-13(17-10)11-4-3-9(14)6-12(11)15/h1,3-4,6,8,16H,5,7H2. The molecule has 2 aromatic rings. The minimum atomic E-state index is 0.467. The number of oxazole rings is 1. The van der Waals surface area contributed by atoms with Gasteiger partial charge in [0.1, 0.15) is 6.26 Å². The minimum Gasteiger partial charge on any atom is -0.444 e. The van der Waals surface area contributed by atoms with E-state index in [9.17, 15) is 0 Å². The number of rotatable bonds is 4. The Kier molecular flexibility index (Phi) is 4.27. The Morgan fingerprint density at radius 1 is 1.39 bits per heavy atom. The highest BCUT2D eigenvalue weighted by Crippen LogP contribution is 2.29. The van der Waals surface area contributed by atoms with Crippen molar-refractivity contribution in [1.82, 2.24) is 10.3 Å². The molecular formula is C13H10Cl2N2O. The third-order valence-corrected chi connectivity index (χ3v) is 2.79. The smallest absolute Gasteiger partial charge is 0.227 e. The maximum atomic E-state index is 6.07. The van der Waals surface area contributed by atoms with Crippen LogP contribution in [0.15, 0.2) is 28.9 Å². The number of nitrogens with zero attached hydrogens (tertiary/aromatic N) is 1. The normalized spacial score (nSPS) is 10.3. The largest absolute Gasteiger partial charge is 0.444 e. The van der Waals surface area contributed by atoms with Gasteiger partial charge in [0.2, 0.25) is 5.89 Å². The number of hydrogen-bond donors (Lipinski definition) is 1. The van der Waals surface area contributed by atoms with Gasteiger partial charge >= 0.3 is 0 Å². The van der Waals surface area contributed by atoms with Crippen LogP contribution in [0.25, 0.3) is 11.5 Å². The predicted molar refractivity (Wildman–Crippen MR) is 72.5 cm³/mol. The summed E-state index contributed by atoms with van der Waals surface area (Å²) in [6.07, 6.45) is 6.71. The van der Waals surface area contributed by atoms with E-state index in [1.807, 2.05) is 0 Å². The van der Waals surface area contributed by atoms with Gasteiger partial charge in [-0.3, -0.25) is 0 Å². The Bertz CT molecular complexity index is 587. The molecule has 0 aliphatic rings. The molecule has 0 unspecified atom stereocenters. The van der Waals surface area contributed by atoms with Crippen LogP contribution in [-0.2, 0) is 6.54 Å². The average molecular weight is 281 g/mol. The Morgan fingerprint density at radius 2 is 2.22 bits per heavy atom. The summed E-state index contributed by atoms with van der Waals surface area (Å²) in [6.45, 7) is 1.04. The highest BCUT2D eigenvalue weighted by molar-refractivity contribution is 6.36. The summed E-state index contributed by atoms with van der Waals surface area (Å²) in [7, 11) is 0. The van der Waals surface area contributed by atoms with Gasteiger partial charge in [-0.15, -0.1) is 6.42 Å². The van der Waals surface area contributed by atoms with E-state index in [4.69, 9.17) is 34.0 Å². The summed E-state index contributed by atoms with van der Waals surface area (Å²) >= 11 is 11.9. The van der Waals surface area contributed by atoms with Crippen LogP contribution < -0.4 is 5.32 Å². The van der Waals surface area contributed by atoms with Crippen molar-refractivity contribution in [2.75, 3.05) is 6.54 Å². The molecule has 1 N–H and O–H groups in total. The van der Waals surface area contributed by atoms with Crippen LogP contribution in [0.1, 0.15) is 5.69 Å². The van der Waals surface area contributed by atoms with E-state index in [0.29, 0.717) is 34.6 Å². The van der Waals surface area contributed by atoms with Crippen molar-refractivity contribution in [3.05, 3.63) is 40.2 Å². The molecule has 92 valence electrons. The zero-order chi connectivity index (χ0) is 13.0. The summed E-state index contributed by atoms with van der Waals surface area (Å²) in [5.41, 5.74) is 1.48. The van der Waals surface area contributed by atoms with Crippen LogP contribution in [0, 0.1) is 12.3 Å². The fourth-order valence-corrected chi connectivity index (χ4v) is 1.93. The molecule has 2 rings (SSSR count). The molecule has 0 spiro atoms. The van der Waals surface area contributed by atoms with Crippen LogP contribution in [0.3, 0.4) is 0 Å². The summed E-state index contributed by atoms with van der Waals surface area (Å²) in [5.74, 6) is 2.95. The monoisotopic (exact) mass is 280 g/mol. The molecule has 0 aliphatic heterocycles. The lowest BCUT2D eigenvalue weighted by molar-refractivity contribution is 0.571. The number of terminal acetylenes is 1. The van der Waals surface area contributed by atoms with E-state index < -0.39 is 0 Å². The second-order valence-corrected chi connectivity index (χ2v) is 4.42. The van der Waals surface area contributed by atoms with Crippen molar-refractivity contribution in [2.45, 2.75) is 6.54 Å². The number of nitrogens with one attached hydrogen (secondary N) is 1. The van der Waals surface area contributed by atoms with Crippen molar-refractivity contribution in [1.29, 1.82) is 0 Å². The zero-order valence-electron chi connectivity index (χ0n) is 9.41. The summed E-state index contributed by atoms with van der Waals surface area (Å²) in [6, 6.07) is 5.16. The van der Waals surface area contributed by atoms with E-state index in [1.54, 1.807) is 24.5 Å². The Labute approximate surface area is 115 Å². The maximum absolute atomic E-state index is 6.07. The van der Waals surface area contributed by atoms with Gasteiger partial charge in [-0.25, -0.2) is 4.98 Å². The lowest BCUT2D eigenvalue weighted by atomic mass is 10.2. The van der Waals surface area contributed by atoms with Crippen LogP contribution >= 0.6 is 23.2 Å². The Balaban J connectivity index is 2.16. The van der Waals surface area contributed by atoms with Gasteiger partial charge in [0.05, 0.1) is 22.8 Å². The first-order valence-corrected chi connectivity index (χ1v) is 6.00. The molecule has 1 heterocycles. The quantitative estimate of drug-likeness (QED) is 0.689. The average Bonchev–Trinajstić information content (AvgIpc) is 2.78. The molecule has 5 heteroatoms. The Hall–Kier alpha value is -1.47. The third kappa shape index (κ3) is 3.05. The summed E-state index contributed by atoms with van der Waals surface area (Å²) < 4.78 is 5.37. The number of hydrogen-bond acceptors (Lipinski definition) is 3. The SMILES string of the molecule is C#CCNCc1coc(-c2ccc(Cl)cc2Cl)n1. The predicted octanol–water partition coefficient (Wildman–Crippen LogP) is 3.37. The van der Waals surface area contributed by atoms with E-state index >= 15 is 0 Å². The van der Waals surface area contributed by atoms with Gasteiger partial charge < -0.3 is 9.73 Å². The van der Waals surface area contributed by atoms with Crippen molar-refractivity contribution in [3.63, 3.8) is 0 Å². The fourth-order valence-electron chi connectivity index (χ4n) is 1.44. The molecule has 0 bridgehead atoms. The molecule has 1 aromatic carbocycles. The van der Waals surface area contributed by atoms with E-state index in [0.717, 1.165) is 5.69 Å². The Morgan fingerprint density at radius 3 is 2.94 bits per heavy atom. The maximum Gasteiger partial charge on any atom is 0.227 e. The second-order valence-electron chi connectivity index (χ2n) is 3.58. The van der Waals surface area contributed by atoms with Crippen LogP contribution in [0.4, 0.5) is 0 Å². The second kappa shape index (κ2) is 5.92. The van der Waals surface area contributed by atoms with Crippen LogP contribution in [-0.4, -0.2) is 11.5 Å². The third-order valence-electron chi connectivity index (χ3n) is 2.25. The first-order chi connectivity index (χ1) is 8.70. The van der Waals surface area contributed by atoms with Gasteiger partial charge in [-0.05, 0) is 18.2 Å². The van der Waals surface area contributed by atoms with Gasteiger partial charge in [-0.1, -0.05) is 29.1 Å². The van der Waals surface area contributed by atoms with Crippen molar-refractivity contribution in [3.8, 4) is 23.8 Å². The molecular weight excluding hydrogens is 271 g/mol. The number of halogens is 2. The first kappa shape index (κ1) is 13.0. The molecule has 18 heavy (non-hydrogen) atoms. The molecule has 0 aliphatic carbocycles. The molecule has 0 radical (unpaired) electrons. The topological polar surface area (TPSA) is 38.1 Å². The molecule has 0 saturated heterocycles. The van der Waals surface area contributed by atoms with Gasteiger partial charge in [0.25, 0.3) is 0 Å². The van der Waals surface area contributed by atoms with Crippen LogP contribution in [0.5, 0.6) is 0 Å². The number of aromatic nitrogens is 1. The lowest BCUT2D eigenvalue weighted by Gasteiger charge is -1.99. The first-order valence-electron chi connectivity index (χ1n) is 5.24. The van der Waals surface area contributed by atoms with E-state index in [-0.39, 0.29) is 0 Å². The fraction of sp³-hybridized carbons (Fsp3) is 0.154. The van der Waals surface area contributed by atoms with Crippen LogP contribution in [0.2, 0.25) is 10.0 Å². The van der Waals surface area contributed by atoms with Gasteiger partial charge in [0, 0.05) is 11.6 Å². The molecule has 0 atom stereocenters. The highest BCUT2D eigenvalue weighted by atomic mass is 35.5. The minimum absolute atomic E-state index is 0.467. The summed E-state index contributed by atoms with van der Waals surface area (Å²) in [4.78, 5) is 4.32. The van der Waals surface area contributed by atoms with Gasteiger partial charge in [-0.2, -0.15) is 0 Å². The highest BCUT2D eigenvalue weighted by Gasteiger charge is 2.10. The van der Waals surface area contributed by atoms with Crippen molar-refractivity contribution >= 4 is 23.2 Å². The molecule has 1 aromatic heterocycles. The van der Waals surface area contributed by atoms with Crippen molar-refractivity contribution in [2.24, 2.45) is 0 Å². The van der Waals surface area contributed by atoms with E-state index in [2.05, 4.69) is 16.2 Å².